The lowest BCUT2D eigenvalue weighted by Gasteiger charge is -2.11. The smallest absolute Gasteiger partial charge is 0.199 e. The molecule has 0 bridgehead atoms. The summed E-state index contributed by atoms with van der Waals surface area (Å²) in [5.41, 5.74) is 1.62. The third kappa shape index (κ3) is 2.58. The first kappa shape index (κ1) is 15.9. The molecule has 3 rings (SSSR count). The van der Waals surface area contributed by atoms with Gasteiger partial charge in [0.1, 0.15) is 34.0 Å². The minimum atomic E-state index is -0.124. The summed E-state index contributed by atoms with van der Waals surface area (Å²) in [6.07, 6.45) is 0. The van der Waals surface area contributed by atoms with Crippen LogP contribution in [0.5, 0.6) is 17.2 Å². The van der Waals surface area contributed by atoms with Gasteiger partial charge >= 0.3 is 0 Å². The van der Waals surface area contributed by atoms with Crippen molar-refractivity contribution in [2.75, 3.05) is 21.3 Å². The van der Waals surface area contributed by atoms with Crippen LogP contribution < -0.4 is 19.6 Å². The second-order valence-electron chi connectivity index (χ2n) is 5.32. The van der Waals surface area contributed by atoms with Crippen LogP contribution in [-0.4, -0.2) is 21.3 Å². The van der Waals surface area contributed by atoms with Crippen molar-refractivity contribution in [2.24, 2.45) is 0 Å². The van der Waals surface area contributed by atoms with Gasteiger partial charge in [-0.2, -0.15) is 0 Å². The SMILES string of the molecule is COc1ccc(-c2oc3cc(OC)cc(OC)c3c(=O)c2C)cc1. The van der Waals surface area contributed by atoms with Crippen molar-refractivity contribution < 1.29 is 18.6 Å². The van der Waals surface area contributed by atoms with Gasteiger partial charge in [-0.25, -0.2) is 0 Å². The summed E-state index contributed by atoms with van der Waals surface area (Å²) in [5, 5.41) is 0.410. The number of hydrogen-bond donors (Lipinski definition) is 0. The third-order valence-corrected chi connectivity index (χ3v) is 3.97. The highest BCUT2D eigenvalue weighted by atomic mass is 16.5. The van der Waals surface area contributed by atoms with Crippen LogP contribution in [0.3, 0.4) is 0 Å². The number of methoxy groups -OCH3 is 3. The van der Waals surface area contributed by atoms with E-state index in [-0.39, 0.29) is 5.43 Å². The second-order valence-corrected chi connectivity index (χ2v) is 5.32. The normalized spacial score (nSPS) is 10.7. The maximum atomic E-state index is 12.8. The van der Waals surface area contributed by atoms with Crippen molar-refractivity contribution in [3.8, 4) is 28.6 Å². The van der Waals surface area contributed by atoms with Crippen molar-refractivity contribution >= 4 is 11.0 Å². The van der Waals surface area contributed by atoms with Crippen LogP contribution in [0.2, 0.25) is 0 Å². The summed E-state index contributed by atoms with van der Waals surface area (Å²) in [6.45, 7) is 1.74. The van der Waals surface area contributed by atoms with Crippen LogP contribution >= 0.6 is 0 Å². The van der Waals surface area contributed by atoms with Gasteiger partial charge in [-0.15, -0.1) is 0 Å². The van der Waals surface area contributed by atoms with Crippen molar-refractivity contribution in [2.45, 2.75) is 6.92 Å². The molecule has 2 aromatic carbocycles. The Morgan fingerprint density at radius 2 is 1.54 bits per heavy atom. The Labute approximate surface area is 139 Å². The summed E-state index contributed by atoms with van der Waals surface area (Å²) in [7, 11) is 4.67. The molecule has 0 amide bonds. The fourth-order valence-electron chi connectivity index (χ4n) is 2.64. The van der Waals surface area contributed by atoms with E-state index in [4.69, 9.17) is 18.6 Å². The van der Waals surface area contributed by atoms with E-state index < -0.39 is 0 Å². The molecule has 0 fully saturated rings. The largest absolute Gasteiger partial charge is 0.497 e. The van der Waals surface area contributed by atoms with E-state index in [0.717, 1.165) is 11.3 Å². The van der Waals surface area contributed by atoms with E-state index >= 15 is 0 Å². The van der Waals surface area contributed by atoms with Crippen LogP contribution in [0.15, 0.2) is 45.6 Å². The first-order valence-electron chi connectivity index (χ1n) is 7.43. The summed E-state index contributed by atoms with van der Waals surface area (Å²) >= 11 is 0. The number of ether oxygens (including phenoxy) is 3. The molecule has 0 spiro atoms. The fourth-order valence-corrected chi connectivity index (χ4v) is 2.64. The molecular weight excluding hydrogens is 308 g/mol. The molecule has 0 unspecified atom stereocenters. The maximum absolute atomic E-state index is 12.8. The molecule has 0 N–H and O–H groups in total. The Bertz CT molecular complexity index is 939. The van der Waals surface area contributed by atoms with Crippen molar-refractivity contribution in [1.82, 2.24) is 0 Å². The van der Waals surface area contributed by atoms with Gasteiger partial charge in [-0.3, -0.25) is 4.79 Å². The summed E-state index contributed by atoms with van der Waals surface area (Å²) < 4.78 is 21.8. The quantitative estimate of drug-likeness (QED) is 0.730. The third-order valence-electron chi connectivity index (χ3n) is 3.97. The topological polar surface area (TPSA) is 57.9 Å². The molecule has 124 valence electrons. The highest BCUT2D eigenvalue weighted by Crippen LogP contribution is 2.33. The lowest BCUT2D eigenvalue weighted by Crippen LogP contribution is -2.09. The molecule has 0 radical (unpaired) electrons. The Morgan fingerprint density at radius 3 is 2.12 bits per heavy atom. The zero-order valence-corrected chi connectivity index (χ0v) is 14.0. The predicted molar refractivity (Wildman–Crippen MR) is 92.3 cm³/mol. The molecule has 5 heteroatoms. The maximum Gasteiger partial charge on any atom is 0.199 e. The minimum Gasteiger partial charge on any atom is -0.497 e. The van der Waals surface area contributed by atoms with Crippen LogP contribution in [0, 0.1) is 6.92 Å². The van der Waals surface area contributed by atoms with Gasteiger partial charge < -0.3 is 18.6 Å². The molecule has 0 aliphatic carbocycles. The molecular formula is C19H18O5. The van der Waals surface area contributed by atoms with E-state index in [2.05, 4.69) is 0 Å². The van der Waals surface area contributed by atoms with Gasteiger partial charge in [-0.1, -0.05) is 0 Å². The number of hydrogen-bond acceptors (Lipinski definition) is 5. The zero-order valence-electron chi connectivity index (χ0n) is 14.0. The van der Waals surface area contributed by atoms with Gasteiger partial charge in [0.15, 0.2) is 5.43 Å². The monoisotopic (exact) mass is 326 g/mol. The van der Waals surface area contributed by atoms with Gasteiger partial charge in [0.2, 0.25) is 0 Å². The lowest BCUT2D eigenvalue weighted by molar-refractivity contribution is 0.396. The van der Waals surface area contributed by atoms with Crippen LogP contribution in [0.1, 0.15) is 5.56 Å². The van der Waals surface area contributed by atoms with Crippen LogP contribution in [0.4, 0.5) is 0 Å². The Balaban J connectivity index is 2.29. The number of fused-ring (bicyclic) bond motifs is 1. The Hall–Kier alpha value is -2.95. The van der Waals surface area contributed by atoms with Gasteiger partial charge in [0, 0.05) is 23.3 Å². The van der Waals surface area contributed by atoms with E-state index in [1.807, 2.05) is 24.3 Å². The first-order valence-corrected chi connectivity index (χ1v) is 7.43. The van der Waals surface area contributed by atoms with Crippen molar-refractivity contribution in [3.63, 3.8) is 0 Å². The molecule has 5 nitrogen and oxygen atoms in total. The summed E-state index contributed by atoms with van der Waals surface area (Å²) in [6, 6.07) is 10.7. The molecule has 0 atom stereocenters. The number of rotatable bonds is 4. The van der Waals surface area contributed by atoms with Crippen molar-refractivity contribution in [3.05, 3.63) is 52.2 Å². The highest BCUT2D eigenvalue weighted by molar-refractivity contribution is 5.87. The molecule has 1 heterocycles. The van der Waals surface area contributed by atoms with E-state index in [0.29, 0.717) is 33.8 Å². The average Bonchev–Trinajstić information content (AvgIpc) is 2.63. The molecule has 0 saturated heterocycles. The van der Waals surface area contributed by atoms with Crippen molar-refractivity contribution in [1.29, 1.82) is 0 Å². The lowest BCUT2D eigenvalue weighted by atomic mass is 10.0. The molecule has 0 saturated carbocycles. The predicted octanol–water partition coefficient (Wildman–Crippen LogP) is 3.79. The Morgan fingerprint density at radius 1 is 0.875 bits per heavy atom. The molecule has 3 aromatic rings. The molecule has 24 heavy (non-hydrogen) atoms. The number of benzene rings is 2. The van der Waals surface area contributed by atoms with Crippen LogP contribution in [0.25, 0.3) is 22.3 Å². The van der Waals surface area contributed by atoms with E-state index in [1.54, 1.807) is 33.3 Å². The van der Waals surface area contributed by atoms with Gasteiger partial charge in [0.05, 0.1) is 21.3 Å². The summed E-state index contributed by atoms with van der Waals surface area (Å²) in [4.78, 5) is 12.8. The van der Waals surface area contributed by atoms with Gasteiger partial charge in [-0.05, 0) is 31.2 Å². The zero-order chi connectivity index (χ0) is 17.3. The van der Waals surface area contributed by atoms with E-state index in [1.165, 1.54) is 7.11 Å². The average molecular weight is 326 g/mol. The minimum absolute atomic E-state index is 0.124. The second kappa shape index (κ2) is 6.28. The van der Waals surface area contributed by atoms with E-state index in [9.17, 15) is 4.79 Å². The summed E-state index contributed by atoms with van der Waals surface area (Å²) in [5.74, 6) is 2.25. The van der Waals surface area contributed by atoms with Gasteiger partial charge in [0.25, 0.3) is 0 Å². The van der Waals surface area contributed by atoms with Crippen LogP contribution in [-0.2, 0) is 0 Å². The standard InChI is InChI=1S/C19H18O5/c1-11-18(20)17-15(23-4)9-14(22-3)10-16(17)24-19(11)12-5-7-13(21-2)8-6-12/h5-10H,1-4H3. The highest BCUT2D eigenvalue weighted by Gasteiger charge is 2.17. The fraction of sp³-hybridized carbons (Fsp3) is 0.211. The first-order chi connectivity index (χ1) is 11.6. The molecule has 0 aliphatic rings. The molecule has 1 aromatic heterocycles. The molecule has 0 aliphatic heterocycles. The Kier molecular flexibility index (Phi) is 4.16.